The molecule has 3 rings (SSSR count). The number of fused-ring (bicyclic) bond motifs is 1. The summed E-state index contributed by atoms with van der Waals surface area (Å²) in [6.45, 7) is 3.99. The normalized spacial score (nSPS) is 12.9. The number of carbonyl (C=O) groups is 4. The Morgan fingerprint density at radius 1 is 0.893 bits per heavy atom. The van der Waals surface area contributed by atoms with Crippen molar-refractivity contribution in [2.45, 2.75) is 19.9 Å². The lowest BCUT2D eigenvalue weighted by atomic mass is 10.1. The molecule has 0 bridgehead atoms. The SMILES string of the molecule is CC(C)N1C(=O)c2ccc(C(=O)NCCNC(=O)c3ccncc3)cc2C1=O. The summed E-state index contributed by atoms with van der Waals surface area (Å²) >= 11 is 0. The van der Waals surface area contributed by atoms with E-state index in [9.17, 15) is 19.2 Å². The first kappa shape index (κ1) is 19.2. The van der Waals surface area contributed by atoms with Gasteiger partial charge in [-0.25, -0.2) is 0 Å². The van der Waals surface area contributed by atoms with Gasteiger partial charge in [0.05, 0.1) is 11.1 Å². The van der Waals surface area contributed by atoms with Gasteiger partial charge in [-0.2, -0.15) is 0 Å². The summed E-state index contributed by atoms with van der Waals surface area (Å²) < 4.78 is 0. The molecule has 28 heavy (non-hydrogen) atoms. The van der Waals surface area contributed by atoms with Crippen LogP contribution in [0.3, 0.4) is 0 Å². The number of benzene rings is 1. The predicted molar refractivity (Wildman–Crippen MR) is 101 cm³/mol. The molecular weight excluding hydrogens is 360 g/mol. The van der Waals surface area contributed by atoms with E-state index in [4.69, 9.17) is 0 Å². The highest BCUT2D eigenvalue weighted by Crippen LogP contribution is 2.25. The van der Waals surface area contributed by atoms with Crippen LogP contribution in [0.25, 0.3) is 0 Å². The molecule has 0 fully saturated rings. The molecule has 0 atom stereocenters. The van der Waals surface area contributed by atoms with Crippen LogP contribution in [0.5, 0.6) is 0 Å². The maximum Gasteiger partial charge on any atom is 0.261 e. The third-order valence-corrected chi connectivity index (χ3v) is 4.34. The number of nitrogens with one attached hydrogen (secondary N) is 2. The second-order valence-corrected chi connectivity index (χ2v) is 6.58. The number of imide groups is 1. The lowest BCUT2D eigenvalue weighted by Gasteiger charge is -2.17. The fourth-order valence-electron chi connectivity index (χ4n) is 2.93. The third kappa shape index (κ3) is 3.75. The van der Waals surface area contributed by atoms with Gasteiger partial charge >= 0.3 is 0 Å². The van der Waals surface area contributed by atoms with E-state index in [1.807, 2.05) is 0 Å². The van der Waals surface area contributed by atoms with Gasteiger partial charge in [0.25, 0.3) is 23.6 Å². The van der Waals surface area contributed by atoms with Crippen LogP contribution in [-0.2, 0) is 0 Å². The lowest BCUT2D eigenvalue weighted by Crippen LogP contribution is -2.36. The topological polar surface area (TPSA) is 108 Å². The van der Waals surface area contributed by atoms with E-state index in [0.29, 0.717) is 11.1 Å². The van der Waals surface area contributed by atoms with Gasteiger partial charge in [0, 0.05) is 42.7 Å². The van der Waals surface area contributed by atoms with E-state index in [1.54, 1.807) is 26.0 Å². The standard InChI is InChI=1S/C20H20N4O4/c1-12(2)24-19(27)15-4-3-14(11-16(15)20(24)28)18(26)23-10-9-22-17(25)13-5-7-21-8-6-13/h3-8,11-12H,9-10H2,1-2H3,(H,22,25)(H,23,26). The van der Waals surface area contributed by atoms with Gasteiger partial charge < -0.3 is 10.6 Å². The molecule has 8 nitrogen and oxygen atoms in total. The highest BCUT2D eigenvalue weighted by Gasteiger charge is 2.37. The first-order valence-electron chi connectivity index (χ1n) is 8.88. The Labute approximate surface area is 161 Å². The number of nitrogens with zero attached hydrogens (tertiary/aromatic N) is 2. The summed E-state index contributed by atoms with van der Waals surface area (Å²) in [5.41, 5.74) is 1.31. The van der Waals surface area contributed by atoms with E-state index in [2.05, 4.69) is 15.6 Å². The Balaban J connectivity index is 1.57. The smallest absolute Gasteiger partial charge is 0.261 e. The zero-order valence-corrected chi connectivity index (χ0v) is 15.6. The van der Waals surface area contributed by atoms with Gasteiger partial charge in [-0.1, -0.05) is 0 Å². The zero-order valence-electron chi connectivity index (χ0n) is 15.6. The molecule has 8 heteroatoms. The molecule has 1 aromatic heterocycles. The van der Waals surface area contributed by atoms with Gasteiger partial charge in [0.2, 0.25) is 0 Å². The molecule has 1 aliphatic heterocycles. The quantitative estimate of drug-likeness (QED) is 0.579. The van der Waals surface area contributed by atoms with Crippen molar-refractivity contribution in [1.29, 1.82) is 0 Å². The number of rotatable bonds is 6. The van der Waals surface area contributed by atoms with Crippen molar-refractivity contribution in [1.82, 2.24) is 20.5 Å². The average Bonchev–Trinajstić information content (AvgIpc) is 2.95. The molecule has 0 saturated carbocycles. The van der Waals surface area contributed by atoms with Crippen LogP contribution in [0.4, 0.5) is 0 Å². The summed E-state index contributed by atoms with van der Waals surface area (Å²) in [5, 5.41) is 5.37. The molecule has 0 saturated heterocycles. The van der Waals surface area contributed by atoms with E-state index < -0.39 is 5.91 Å². The molecule has 0 aliphatic carbocycles. The second-order valence-electron chi connectivity index (χ2n) is 6.58. The van der Waals surface area contributed by atoms with Crippen LogP contribution in [0.2, 0.25) is 0 Å². The minimum atomic E-state index is -0.394. The van der Waals surface area contributed by atoms with Crippen molar-refractivity contribution >= 4 is 23.6 Å². The lowest BCUT2D eigenvalue weighted by molar-refractivity contribution is 0.0608. The van der Waals surface area contributed by atoms with Crippen LogP contribution < -0.4 is 10.6 Å². The Bertz CT molecular complexity index is 940. The highest BCUT2D eigenvalue weighted by atomic mass is 16.2. The highest BCUT2D eigenvalue weighted by molar-refractivity contribution is 6.22. The number of hydrogen-bond donors (Lipinski definition) is 2. The van der Waals surface area contributed by atoms with E-state index in [-0.39, 0.29) is 48.0 Å². The summed E-state index contributed by atoms with van der Waals surface area (Å²) in [6, 6.07) is 7.38. The van der Waals surface area contributed by atoms with Gasteiger partial charge in [-0.3, -0.25) is 29.1 Å². The second kappa shape index (κ2) is 7.99. The molecule has 144 valence electrons. The van der Waals surface area contributed by atoms with E-state index in [0.717, 1.165) is 0 Å². The van der Waals surface area contributed by atoms with Crippen molar-refractivity contribution in [2.24, 2.45) is 0 Å². The van der Waals surface area contributed by atoms with Crippen LogP contribution in [0, 0.1) is 0 Å². The maximum absolute atomic E-state index is 12.4. The van der Waals surface area contributed by atoms with E-state index >= 15 is 0 Å². The van der Waals surface area contributed by atoms with Gasteiger partial charge in [0.1, 0.15) is 0 Å². The molecule has 1 aromatic carbocycles. The first-order valence-corrected chi connectivity index (χ1v) is 8.88. The largest absolute Gasteiger partial charge is 0.350 e. The summed E-state index contributed by atoms with van der Waals surface area (Å²) in [6.07, 6.45) is 3.05. The maximum atomic E-state index is 12.4. The van der Waals surface area contributed by atoms with Crippen molar-refractivity contribution in [3.63, 3.8) is 0 Å². The van der Waals surface area contributed by atoms with Gasteiger partial charge in [-0.15, -0.1) is 0 Å². The molecule has 0 radical (unpaired) electrons. The third-order valence-electron chi connectivity index (χ3n) is 4.34. The van der Waals surface area contributed by atoms with Crippen LogP contribution >= 0.6 is 0 Å². The Morgan fingerprint density at radius 2 is 1.46 bits per heavy atom. The monoisotopic (exact) mass is 380 g/mol. The van der Waals surface area contributed by atoms with Crippen LogP contribution in [0.15, 0.2) is 42.7 Å². The van der Waals surface area contributed by atoms with Crippen molar-refractivity contribution < 1.29 is 19.2 Å². The molecule has 2 aromatic rings. The minimum Gasteiger partial charge on any atom is -0.350 e. The number of aromatic nitrogens is 1. The molecule has 0 unspecified atom stereocenters. The summed E-state index contributed by atoms with van der Waals surface area (Å²) in [4.78, 5) is 54.0. The number of hydrogen-bond acceptors (Lipinski definition) is 5. The number of amides is 4. The van der Waals surface area contributed by atoms with Crippen LogP contribution in [0.1, 0.15) is 55.3 Å². The molecule has 2 heterocycles. The molecule has 1 aliphatic rings. The minimum absolute atomic E-state index is 0.220. The summed E-state index contributed by atoms with van der Waals surface area (Å²) in [5.74, 6) is -1.38. The molecule has 2 N–H and O–H groups in total. The Kier molecular flexibility index (Phi) is 5.49. The fourth-order valence-corrected chi connectivity index (χ4v) is 2.93. The molecule has 4 amide bonds. The average molecular weight is 380 g/mol. The molecule has 0 spiro atoms. The predicted octanol–water partition coefficient (Wildman–Crippen LogP) is 1.25. The Hall–Kier alpha value is -3.55. The van der Waals surface area contributed by atoms with Crippen molar-refractivity contribution in [2.75, 3.05) is 13.1 Å². The fraction of sp³-hybridized carbons (Fsp3) is 0.250. The Morgan fingerprint density at radius 3 is 2.07 bits per heavy atom. The van der Waals surface area contributed by atoms with E-state index in [1.165, 1.54) is 35.5 Å². The summed E-state index contributed by atoms with van der Waals surface area (Å²) in [7, 11) is 0. The first-order chi connectivity index (χ1) is 13.4. The number of pyridine rings is 1. The molecular formula is C20H20N4O4. The number of carbonyl (C=O) groups excluding carboxylic acids is 4. The van der Waals surface area contributed by atoms with Crippen molar-refractivity contribution in [3.8, 4) is 0 Å². The zero-order chi connectivity index (χ0) is 20.3. The van der Waals surface area contributed by atoms with Crippen molar-refractivity contribution in [3.05, 3.63) is 65.0 Å². The van der Waals surface area contributed by atoms with Crippen LogP contribution in [-0.4, -0.2) is 52.6 Å². The van der Waals surface area contributed by atoms with Gasteiger partial charge in [-0.05, 0) is 44.2 Å². The van der Waals surface area contributed by atoms with Gasteiger partial charge in [0.15, 0.2) is 0 Å².